The van der Waals surface area contributed by atoms with E-state index in [4.69, 9.17) is 16.3 Å². The number of methoxy groups -OCH3 is 1. The van der Waals surface area contributed by atoms with E-state index >= 15 is 0 Å². The molecule has 0 saturated heterocycles. The van der Waals surface area contributed by atoms with Gasteiger partial charge in [0.1, 0.15) is 5.75 Å². The largest absolute Gasteiger partial charge is 0.497 e. The van der Waals surface area contributed by atoms with Gasteiger partial charge in [0.2, 0.25) is 5.78 Å². The predicted molar refractivity (Wildman–Crippen MR) is 93.2 cm³/mol. The third kappa shape index (κ3) is 2.78. The lowest BCUT2D eigenvalue weighted by Crippen LogP contribution is -1.99. The van der Waals surface area contributed by atoms with E-state index in [1.807, 2.05) is 48.5 Å². The number of halogens is 1. The summed E-state index contributed by atoms with van der Waals surface area (Å²) < 4.78 is 6.18. The Bertz CT molecular complexity index is 880. The van der Waals surface area contributed by atoms with Gasteiger partial charge in [-0.2, -0.15) is 0 Å². The second-order valence-corrected chi connectivity index (χ2v) is 6.35. The van der Waals surface area contributed by atoms with Crippen molar-refractivity contribution in [3.8, 4) is 5.75 Å². The number of ether oxygens (including phenoxy) is 1. The van der Waals surface area contributed by atoms with Crippen LogP contribution < -0.4 is 4.74 Å². The van der Waals surface area contributed by atoms with Gasteiger partial charge in [0.15, 0.2) is 0 Å². The molecule has 0 saturated carbocycles. The normalized spacial score (nSPS) is 10.6. The minimum absolute atomic E-state index is 0.0782. The summed E-state index contributed by atoms with van der Waals surface area (Å²) >= 11 is 7.42. The number of thiophene rings is 1. The lowest BCUT2D eigenvalue weighted by Gasteiger charge is -2.05. The highest BCUT2D eigenvalue weighted by atomic mass is 35.5. The molecule has 22 heavy (non-hydrogen) atoms. The molecule has 2 aromatic carbocycles. The van der Waals surface area contributed by atoms with Crippen molar-refractivity contribution in [1.29, 1.82) is 0 Å². The number of allylic oxidation sites excluding steroid dienone is 1. The number of carbonyl (C=O) groups is 1. The van der Waals surface area contributed by atoms with E-state index < -0.39 is 0 Å². The predicted octanol–water partition coefficient (Wildman–Crippen LogP) is 5.46. The summed E-state index contributed by atoms with van der Waals surface area (Å²) in [6.45, 7) is 3.94. The van der Waals surface area contributed by atoms with E-state index in [1.54, 1.807) is 7.11 Å². The summed E-state index contributed by atoms with van der Waals surface area (Å²) in [5.74, 6) is 0.625. The van der Waals surface area contributed by atoms with Crippen LogP contribution >= 0.6 is 22.9 Å². The van der Waals surface area contributed by atoms with Crippen LogP contribution in [0.2, 0.25) is 5.02 Å². The highest BCUT2D eigenvalue weighted by Crippen LogP contribution is 2.31. The number of benzene rings is 2. The van der Waals surface area contributed by atoms with Crippen LogP contribution in [0.5, 0.6) is 5.75 Å². The first-order valence-corrected chi connectivity index (χ1v) is 7.85. The third-order valence-corrected chi connectivity index (χ3v) is 4.73. The summed E-state index contributed by atoms with van der Waals surface area (Å²) in [7, 11) is 1.60. The van der Waals surface area contributed by atoms with E-state index in [0.29, 0.717) is 21.2 Å². The highest BCUT2D eigenvalue weighted by molar-refractivity contribution is 7.21. The molecule has 0 atom stereocenters. The quantitative estimate of drug-likeness (QED) is 0.469. The number of fused-ring (bicyclic) bond motifs is 1. The molecule has 0 aliphatic carbocycles. The van der Waals surface area contributed by atoms with Crippen molar-refractivity contribution in [2.45, 2.75) is 0 Å². The van der Waals surface area contributed by atoms with Gasteiger partial charge in [-0.05, 0) is 41.3 Å². The van der Waals surface area contributed by atoms with Crippen LogP contribution in [0.1, 0.15) is 15.2 Å². The Hall–Kier alpha value is -2.10. The van der Waals surface area contributed by atoms with E-state index in [2.05, 4.69) is 6.58 Å². The molecule has 4 heteroatoms. The molecule has 0 unspecified atom stereocenters. The molecule has 3 aromatic rings. The molecular formula is C18H13ClO2S. The van der Waals surface area contributed by atoms with Crippen LogP contribution in [0.4, 0.5) is 0 Å². The number of Topliss-reactive ketones (excluding diaryl/α,β-unsaturated/α-hetero) is 1. The Morgan fingerprint density at radius 1 is 1.18 bits per heavy atom. The molecule has 0 spiro atoms. The molecule has 0 aliphatic heterocycles. The van der Waals surface area contributed by atoms with E-state index in [0.717, 1.165) is 15.6 Å². The van der Waals surface area contributed by atoms with Gasteiger partial charge in [-0.3, -0.25) is 4.79 Å². The number of hydrogen-bond acceptors (Lipinski definition) is 3. The van der Waals surface area contributed by atoms with Crippen LogP contribution in [0.3, 0.4) is 0 Å². The van der Waals surface area contributed by atoms with Crippen molar-refractivity contribution in [3.05, 3.63) is 70.6 Å². The van der Waals surface area contributed by atoms with Crippen molar-refractivity contribution in [3.63, 3.8) is 0 Å². The summed E-state index contributed by atoms with van der Waals surface area (Å²) in [4.78, 5) is 13.3. The molecule has 1 aromatic heterocycles. The maximum absolute atomic E-state index is 12.6. The molecule has 1 heterocycles. The van der Waals surface area contributed by atoms with Gasteiger partial charge in [-0.25, -0.2) is 0 Å². The molecule has 0 fully saturated rings. The lowest BCUT2D eigenvalue weighted by atomic mass is 10.0. The fourth-order valence-electron chi connectivity index (χ4n) is 2.21. The second kappa shape index (κ2) is 5.95. The average Bonchev–Trinajstić information content (AvgIpc) is 2.96. The number of carbonyl (C=O) groups excluding carboxylic acids is 1. The molecule has 110 valence electrons. The summed E-state index contributed by atoms with van der Waals surface area (Å²) in [6, 6.07) is 14.8. The minimum Gasteiger partial charge on any atom is -0.497 e. The molecule has 0 bridgehead atoms. The highest BCUT2D eigenvalue weighted by Gasteiger charge is 2.16. The van der Waals surface area contributed by atoms with Crippen LogP contribution in [-0.2, 0) is 0 Å². The lowest BCUT2D eigenvalue weighted by molar-refractivity contribution is 0.106. The molecular weight excluding hydrogens is 316 g/mol. The fourth-order valence-corrected chi connectivity index (χ4v) is 3.51. The van der Waals surface area contributed by atoms with Gasteiger partial charge in [-0.1, -0.05) is 36.4 Å². The van der Waals surface area contributed by atoms with Gasteiger partial charge >= 0.3 is 0 Å². The van der Waals surface area contributed by atoms with Crippen molar-refractivity contribution >= 4 is 44.4 Å². The summed E-state index contributed by atoms with van der Waals surface area (Å²) in [6.07, 6.45) is 0. The zero-order chi connectivity index (χ0) is 15.7. The van der Waals surface area contributed by atoms with Crippen LogP contribution in [0, 0.1) is 0 Å². The Balaban J connectivity index is 1.95. The van der Waals surface area contributed by atoms with Crippen LogP contribution in [0.25, 0.3) is 15.7 Å². The van der Waals surface area contributed by atoms with Gasteiger partial charge in [0.25, 0.3) is 0 Å². The zero-order valence-corrected chi connectivity index (χ0v) is 13.5. The van der Waals surface area contributed by atoms with Crippen molar-refractivity contribution < 1.29 is 9.53 Å². The second-order valence-electron chi connectivity index (χ2n) is 4.83. The molecule has 3 rings (SSSR count). The van der Waals surface area contributed by atoms with E-state index in [-0.39, 0.29) is 5.78 Å². The standard InChI is InChI=1S/C18H13ClO2S/c1-11(12-4-3-5-15(8-12)21-2)18(20)17-9-13-6-7-14(19)10-16(13)22-17/h3-10H,1H2,2H3. The van der Waals surface area contributed by atoms with Gasteiger partial charge in [0, 0.05) is 15.3 Å². The number of rotatable bonds is 4. The SMILES string of the molecule is C=C(C(=O)c1cc2ccc(Cl)cc2s1)c1cccc(OC)c1. The van der Waals surface area contributed by atoms with Crippen molar-refractivity contribution in [2.24, 2.45) is 0 Å². The first-order valence-electron chi connectivity index (χ1n) is 6.65. The maximum atomic E-state index is 12.6. The molecule has 0 N–H and O–H groups in total. The van der Waals surface area contributed by atoms with E-state index in [1.165, 1.54) is 11.3 Å². The average molecular weight is 329 g/mol. The van der Waals surface area contributed by atoms with E-state index in [9.17, 15) is 4.79 Å². The maximum Gasteiger partial charge on any atom is 0.202 e. The number of hydrogen-bond donors (Lipinski definition) is 0. The first kappa shape index (κ1) is 14.8. The molecule has 0 aliphatic rings. The summed E-state index contributed by atoms with van der Waals surface area (Å²) in [5.41, 5.74) is 1.22. The van der Waals surface area contributed by atoms with Crippen molar-refractivity contribution in [2.75, 3.05) is 7.11 Å². The van der Waals surface area contributed by atoms with Gasteiger partial charge in [0.05, 0.1) is 12.0 Å². The third-order valence-electron chi connectivity index (χ3n) is 3.40. The van der Waals surface area contributed by atoms with Gasteiger partial charge < -0.3 is 4.74 Å². The summed E-state index contributed by atoms with van der Waals surface area (Å²) in [5, 5.41) is 1.68. The molecule has 2 nitrogen and oxygen atoms in total. The van der Waals surface area contributed by atoms with Crippen LogP contribution in [0.15, 0.2) is 55.1 Å². The molecule has 0 amide bonds. The fraction of sp³-hybridized carbons (Fsp3) is 0.0556. The first-order chi connectivity index (χ1) is 10.6. The topological polar surface area (TPSA) is 26.3 Å². The number of ketones is 1. The minimum atomic E-state index is -0.0782. The molecule has 0 radical (unpaired) electrons. The monoisotopic (exact) mass is 328 g/mol. The van der Waals surface area contributed by atoms with Crippen molar-refractivity contribution in [1.82, 2.24) is 0 Å². The zero-order valence-electron chi connectivity index (χ0n) is 11.9. The Labute approximate surface area is 137 Å². The smallest absolute Gasteiger partial charge is 0.202 e. The van der Waals surface area contributed by atoms with Crippen LogP contribution in [-0.4, -0.2) is 12.9 Å². The Morgan fingerprint density at radius 2 is 2.00 bits per heavy atom. The Kier molecular flexibility index (Phi) is 4.01. The Morgan fingerprint density at radius 3 is 2.77 bits per heavy atom. The van der Waals surface area contributed by atoms with Gasteiger partial charge in [-0.15, -0.1) is 11.3 Å².